The van der Waals surface area contributed by atoms with Gasteiger partial charge < -0.3 is 5.32 Å². The van der Waals surface area contributed by atoms with Crippen LogP contribution in [-0.4, -0.2) is 30.7 Å². The standard InChI is InChI=1S/C26H29N5O3/c1-2-15-29-24(33)21-14-13-19(23(32)27-20-11-7-4-8-12-20)16-22(21)31-25(29)28-30(26(31)34)17-18-9-5-3-6-10-18/h3,5-6,9-10,13-14,16,20H,2,4,7-8,11-12,15,17H2,1H3,(H,27,32). The van der Waals surface area contributed by atoms with Gasteiger partial charge >= 0.3 is 5.69 Å². The second-order valence-corrected chi connectivity index (χ2v) is 9.06. The largest absolute Gasteiger partial charge is 0.352 e. The second-order valence-electron chi connectivity index (χ2n) is 9.06. The Morgan fingerprint density at radius 1 is 1.06 bits per heavy atom. The van der Waals surface area contributed by atoms with Crippen LogP contribution in [0.4, 0.5) is 0 Å². The van der Waals surface area contributed by atoms with Gasteiger partial charge in [0.15, 0.2) is 0 Å². The van der Waals surface area contributed by atoms with Gasteiger partial charge in [0.1, 0.15) is 0 Å². The molecule has 0 spiro atoms. The first-order valence-electron chi connectivity index (χ1n) is 12.1. The Kier molecular flexibility index (Phi) is 6.04. The fraction of sp³-hybridized carbons (Fsp3) is 0.385. The maximum absolute atomic E-state index is 13.5. The first-order valence-corrected chi connectivity index (χ1v) is 12.1. The van der Waals surface area contributed by atoms with Crippen molar-refractivity contribution in [3.8, 4) is 0 Å². The van der Waals surface area contributed by atoms with E-state index >= 15 is 0 Å². The molecule has 1 saturated carbocycles. The van der Waals surface area contributed by atoms with Crippen LogP contribution in [0.15, 0.2) is 58.1 Å². The summed E-state index contributed by atoms with van der Waals surface area (Å²) in [6, 6.07) is 14.7. The molecular weight excluding hydrogens is 430 g/mol. The third-order valence-corrected chi connectivity index (χ3v) is 6.60. The van der Waals surface area contributed by atoms with Crippen LogP contribution in [0.25, 0.3) is 16.7 Å². The van der Waals surface area contributed by atoms with Crippen LogP contribution in [-0.2, 0) is 13.1 Å². The summed E-state index contributed by atoms with van der Waals surface area (Å²) < 4.78 is 4.39. The van der Waals surface area contributed by atoms with Gasteiger partial charge in [-0.3, -0.25) is 14.2 Å². The second kappa shape index (κ2) is 9.29. The van der Waals surface area contributed by atoms with E-state index in [1.165, 1.54) is 15.5 Å². The van der Waals surface area contributed by atoms with E-state index in [0.29, 0.717) is 35.3 Å². The first-order chi connectivity index (χ1) is 16.6. The lowest BCUT2D eigenvalue weighted by Gasteiger charge is -2.22. The van der Waals surface area contributed by atoms with E-state index in [0.717, 1.165) is 37.7 Å². The molecule has 5 rings (SSSR count). The summed E-state index contributed by atoms with van der Waals surface area (Å²) in [5.41, 5.74) is 1.25. The van der Waals surface area contributed by atoms with Gasteiger partial charge in [-0.2, -0.15) is 0 Å². The molecule has 1 fully saturated rings. The van der Waals surface area contributed by atoms with Crippen LogP contribution in [0.3, 0.4) is 0 Å². The lowest BCUT2D eigenvalue weighted by Crippen LogP contribution is -2.36. The summed E-state index contributed by atoms with van der Waals surface area (Å²) in [4.78, 5) is 39.7. The molecule has 1 amide bonds. The SMILES string of the molecule is CCCn1c(=O)c2ccc(C(=O)NC3CCCCC3)cc2n2c(=O)n(Cc3ccccc3)nc12. The van der Waals surface area contributed by atoms with E-state index < -0.39 is 0 Å². The van der Waals surface area contributed by atoms with Crippen molar-refractivity contribution in [3.63, 3.8) is 0 Å². The van der Waals surface area contributed by atoms with Crippen molar-refractivity contribution in [3.05, 3.63) is 80.5 Å². The summed E-state index contributed by atoms with van der Waals surface area (Å²) >= 11 is 0. The molecule has 1 aliphatic carbocycles. The van der Waals surface area contributed by atoms with E-state index in [4.69, 9.17) is 0 Å². The molecular formula is C26H29N5O3. The average Bonchev–Trinajstić information content (AvgIpc) is 3.18. The number of rotatable bonds is 6. The highest BCUT2D eigenvalue weighted by molar-refractivity contribution is 5.98. The number of carbonyl (C=O) groups excluding carboxylic acids is 1. The summed E-state index contributed by atoms with van der Waals surface area (Å²) in [5, 5.41) is 8.05. The molecule has 8 heteroatoms. The molecule has 0 atom stereocenters. The Bertz CT molecular complexity index is 1460. The zero-order valence-electron chi connectivity index (χ0n) is 19.4. The fourth-order valence-electron chi connectivity index (χ4n) is 4.86. The van der Waals surface area contributed by atoms with Crippen LogP contribution in [0.5, 0.6) is 0 Å². The molecule has 2 aromatic carbocycles. The minimum atomic E-state index is -0.335. The highest BCUT2D eigenvalue weighted by Gasteiger charge is 2.20. The van der Waals surface area contributed by atoms with Crippen LogP contribution < -0.4 is 16.6 Å². The number of aromatic nitrogens is 4. The van der Waals surface area contributed by atoms with Gasteiger partial charge in [-0.05, 0) is 43.0 Å². The van der Waals surface area contributed by atoms with Crippen LogP contribution in [0.2, 0.25) is 0 Å². The Morgan fingerprint density at radius 2 is 1.82 bits per heavy atom. The summed E-state index contributed by atoms with van der Waals surface area (Å²) in [6.45, 7) is 2.72. The van der Waals surface area contributed by atoms with Crippen LogP contribution in [0, 0.1) is 0 Å². The maximum Gasteiger partial charge on any atom is 0.352 e. The lowest BCUT2D eigenvalue weighted by atomic mass is 9.95. The zero-order valence-corrected chi connectivity index (χ0v) is 19.4. The molecule has 0 bridgehead atoms. The Morgan fingerprint density at radius 3 is 2.56 bits per heavy atom. The van der Waals surface area contributed by atoms with Crippen molar-refractivity contribution in [2.24, 2.45) is 0 Å². The molecule has 8 nitrogen and oxygen atoms in total. The molecule has 0 saturated heterocycles. The minimum absolute atomic E-state index is 0.172. The van der Waals surface area contributed by atoms with Crippen molar-refractivity contribution in [1.82, 2.24) is 24.1 Å². The van der Waals surface area contributed by atoms with Gasteiger partial charge in [0.05, 0.1) is 17.4 Å². The first kappa shape index (κ1) is 22.1. The number of amides is 1. The number of nitrogens with one attached hydrogen (secondary N) is 1. The topological polar surface area (TPSA) is 90.4 Å². The minimum Gasteiger partial charge on any atom is -0.349 e. The van der Waals surface area contributed by atoms with Gasteiger partial charge in [-0.25, -0.2) is 13.9 Å². The van der Waals surface area contributed by atoms with Gasteiger partial charge in [0.2, 0.25) is 5.78 Å². The number of nitrogens with zero attached hydrogens (tertiary/aromatic N) is 4. The number of benzene rings is 2. The number of fused-ring (bicyclic) bond motifs is 3. The van der Waals surface area contributed by atoms with Crippen molar-refractivity contribution in [2.75, 3.05) is 0 Å². The van der Waals surface area contributed by atoms with E-state index in [9.17, 15) is 14.4 Å². The molecule has 0 unspecified atom stereocenters. The number of hydrogen-bond acceptors (Lipinski definition) is 4. The van der Waals surface area contributed by atoms with E-state index in [1.54, 1.807) is 22.8 Å². The molecule has 0 radical (unpaired) electrons. The van der Waals surface area contributed by atoms with Gasteiger partial charge in [0, 0.05) is 18.2 Å². The van der Waals surface area contributed by atoms with E-state index in [2.05, 4.69) is 10.4 Å². The quantitative estimate of drug-likeness (QED) is 0.479. The predicted octanol–water partition coefficient (Wildman–Crippen LogP) is 3.33. The molecule has 4 aromatic rings. The average molecular weight is 460 g/mol. The summed E-state index contributed by atoms with van der Waals surface area (Å²) in [6.07, 6.45) is 6.14. The third-order valence-electron chi connectivity index (χ3n) is 6.60. The predicted molar refractivity (Wildman–Crippen MR) is 131 cm³/mol. The van der Waals surface area contributed by atoms with E-state index in [-0.39, 0.29) is 23.2 Å². The normalized spacial score (nSPS) is 14.6. The smallest absolute Gasteiger partial charge is 0.349 e. The monoisotopic (exact) mass is 459 g/mol. The van der Waals surface area contributed by atoms with Crippen LogP contribution in [0.1, 0.15) is 61.4 Å². The molecule has 2 heterocycles. The molecule has 0 aliphatic heterocycles. The Hall–Kier alpha value is -3.68. The lowest BCUT2D eigenvalue weighted by molar-refractivity contribution is 0.0928. The third kappa shape index (κ3) is 4.04. The summed E-state index contributed by atoms with van der Waals surface area (Å²) in [7, 11) is 0. The zero-order chi connectivity index (χ0) is 23.7. The van der Waals surface area contributed by atoms with Gasteiger partial charge in [0.25, 0.3) is 11.5 Å². The highest BCUT2D eigenvalue weighted by atomic mass is 16.2. The molecule has 176 valence electrons. The maximum atomic E-state index is 13.5. The van der Waals surface area contributed by atoms with E-state index in [1.807, 2.05) is 37.3 Å². The van der Waals surface area contributed by atoms with Gasteiger partial charge in [-0.1, -0.05) is 56.5 Å². The summed E-state index contributed by atoms with van der Waals surface area (Å²) in [5.74, 6) is 0.120. The van der Waals surface area contributed by atoms with Crippen molar-refractivity contribution in [2.45, 2.75) is 64.6 Å². The molecule has 1 N–H and O–H groups in total. The molecule has 2 aromatic heterocycles. The number of carbonyl (C=O) groups is 1. The molecule has 34 heavy (non-hydrogen) atoms. The fourth-order valence-corrected chi connectivity index (χ4v) is 4.86. The highest BCUT2D eigenvalue weighted by Crippen LogP contribution is 2.19. The van der Waals surface area contributed by atoms with Crippen molar-refractivity contribution in [1.29, 1.82) is 0 Å². The number of hydrogen-bond donors (Lipinski definition) is 1. The Labute approximate surface area is 196 Å². The van der Waals surface area contributed by atoms with Crippen molar-refractivity contribution >= 4 is 22.6 Å². The molecule has 1 aliphatic rings. The van der Waals surface area contributed by atoms with Crippen LogP contribution >= 0.6 is 0 Å². The van der Waals surface area contributed by atoms with Crippen molar-refractivity contribution < 1.29 is 4.79 Å². The number of aryl methyl sites for hydroxylation is 1. The Balaban J connectivity index is 1.64. The van der Waals surface area contributed by atoms with Gasteiger partial charge in [-0.15, -0.1) is 5.10 Å².